The minimum absolute atomic E-state index is 0.00282. The lowest BCUT2D eigenvalue weighted by molar-refractivity contribution is 0.130. The van der Waals surface area contributed by atoms with Gasteiger partial charge in [0, 0.05) is 12.6 Å². The molecule has 18 heavy (non-hydrogen) atoms. The predicted molar refractivity (Wildman–Crippen MR) is 69.8 cm³/mol. The van der Waals surface area contributed by atoms with E-state index < -0.39 is 11.2 Å². The van der Waals surface area contributed by atoms with E-state index in [1.807, 2.05) is 38.1 Å². The number of hydrogen-bond donors (Lipinski definition) is 0. The molecular weight excluding hydrogens is 250 g/mol. The van der Waals surface area contributed by atoms with Gasteiger partial charge in [-0.05, 0) is 36.7 Å². The van der Waals surface area contributed by atoms with Crippen LogP contribution in [0.15, 0.2) is 29.2 Å². The molecule has 0 aromatic heterocycles. The van der Waals surface area contributed by atoms with Gasteiger partial charge in [0.2, 0.25) is 0 Å². The van der Waals surface area contributed by atoms with E-state index in [0.29, 0.717) is 6.54 Å². The average Bonchev–Trinajstić information content (AvgIpc) is 2.64. The summed E-state index contributed by atoms with van der Waals surface area (Å²) in [6.45, 7) is 4.53. The van der Waals surface area contributed by atoms with Crippen molar-refractivity contribution < 1.29 is 14.1 Å². The molecule has 4 nitrogen and oxygen atoms in total. The third kappa shape index (κ3) is 2.33. The van der Waals surface area contributed by atoms with Crippen molar-refractivity contribution in [3.05, 3.63) is 29.8 Å². The first-order valence-corrected chi connectivity index (χ1v) is 7.51. The van der Waals surface area contributed by atoms with Crippen molar-refractivity contribution in [1.29, 1.82) is 0 Å². The number of likely N-dealkylation sites (N-methyl/N-ethyl adjacent to an activating group) is 1. The number of amides is 1. The van der Waals surface area contributed by atoms with Gasteiger partial charge >= 0.3 is 6.09 Å². The van der Waals surface area contributed by atoms with E-state index in [0.717, 1.165) is 10.5 Å². The van der Waals surface area contributed by atoms with Crippen LogP contribution < -0.4 is 0 Å². The summed E-state index contributed by atoms with van der Waals surface area (Å²) < 4.78 is 16.9. The van der Waals surface area contributed by atoms with E-state index in [9.17, 15) is 9.35 Å². The van der Waals surface area contributed by atoms with Crippen molar-refractivity contribution >= 4 is 17.3 Å². The van der Waals surface area contributed by atoms with Crippen LogP contribution in [-0.2, 0) is 15.9 Å². The minimum Gasteiger partial charge on any atom is -0.612 e. The second kappa shape index (κ2) is 5.20. The van der Waals surface area contributed by atoms with Crippen LogP contribution >= 0.6 is 0 Å². The van der Waals surface area contributed by atoms with Gasteiger partial charge in [-0.25, -0.2) is 4.79 Å². The summed E-state index contributed by atoms with van der Waals surface area (Å²) >= 11 is -1.02. The van der Waals surface area contributed by atoms with Crippen LogP contribution in [0.1, 0.15) is 25.5 Å². The molecule has 2 rings (SSSR count). The van der Waals surface area contributed by atoms with Gasteiger partial charge in [-0.2, -0.15) is 0 Å². The van der Waals surface area contributed by atoms with Gasteiger partial charge in [0.15, 0.2) is 4.90 Å². The largest absolute Gasteiger partial charge is 0.612 e. The molecule has 0 saturated carbocycles. The normalized spacial score (nSPS) is 25.1. The van der Waals surface area contributed by atoms with Gasteiger partial charge in [0.25, 0.3) is 0 Å². The summed E-state index contributed by atoms with van der Waals surface area (Å²) in [4.78, 5) is 14.1. The van der Waals surface area contributed by atoms with E-state index in [2.05, 4.69) is 0 Å². The SMILES string of the molecule is CCN1C(=O)O[C@H](c2cccc([S+](C)[O-])c2)[C@@H]1C. The molecule has 0 spiro atoms. The third-order valence-electron chi connectivity index (χ3n) is 3.25. The molecule has 1 amide bonds. The molecule has 1 aliphatic rings. The highest BCUT2D eigenvalue weighted by Crippen LogP contribution is 2.32. The van der Waals surface area contributed by atoms with Gasteiger partial charge in [0.1, 0.15) is 12.4 Å². The Bertz CT molecular complexity index is 450. The second-order valence-electron chi connectivity index (χ2n) is 4.36. The maximum Gasteiger partial charge on any atom is 0.410 e. The van der Waals surface area contributed by atoms with Crippen LogP contribution in [0.2, 0.25) is 0 Å². The van der Waals surface area contributed by atoms with E-state index in [4.69, 9.17) is 4.74 Å². The monoisotopic (exact) mass is 267 g/mol. The Balaban J connectivity index is 2.27. The summed E-state index contributed by atoms with van der Waals surface area (Å²) in [5.41, 5.74) is 0.902. The Morgan fingerprint density at radius 3 is 2.78 bits per heavy atom. The fourth-order valence-electron chi connectivity index (χ4n) is 2.24. The molecule has 0 radical (unpaired) electrons. The fourth-order valence-corrected chi connectivity index (χ4v) is 2.81. The average molecular weight is 267 g/mol. The minimum atomic E-state index is -1.02. The van der Waals surface area contributed by atoms with Gasteiger partial charge in [-0.1, -0.05) is 12.1 Å². The van der Waals surface area contributed by atoms with Crippen LogP contribution in [-0.4, -0.2) is 34.4 Å². The van der Waals surface area contributed by atoms with Gasteiger partial charge < -0.3 is 14.2 Å². The molecule has 98 valence electrons. The van der Waals surface area contributed by atoms with Crippen molar-refractivity contribution in [3.8, 4) is 0 Å². The number of rotatable bonds is 3. The Hall–Kier alpha value is -1.20. The van der Waals surface area contributed by atoms with E-state index in [-0.39, 0.29) is 18.2 Å². The molecule has 1 aromatic carbocycles. The molecule has 1 aliphatic heterocycles. The van der Waals surface area contributed by atoms with Crippen molar-refractivity contribution in [1.82, 2.24) is 4.90 Å². The highest BCUT2D eigenvalue weighted by molar-refractivity contribution is 7.90. The molecular formula is C13H17NO3S. The molecule has 0 N–H and O–H groups in total. The Labute approximate surface area is 110 Å². The van der Waals surface area contributed by atoms with Crippen LogP contribution in [0.25, 0.3) is 0 Å². The molecule has 1 unspecified atom stereocenters. The quantitative estimate of drug-likeness (QED) is 0.790. The molecule has 0 aliphatic carbocycles. The Morgan fingerprint density at radius 2 is 2.22 bits per heavy atom. The van der Waals surface area contributed by atoms with Crippen LogP contribution in [0.5, 0.6) is 0 Å². The highest BCUT2D eigenvalue weighted by Gasteiger charge is 2.38. The topological polar surface area (TPSA) is 52.6 Å². The molecule has 3 atom stereocenters. The number of cyclic esters (lactones) is 1. The summed E-state index contributed by atoms with van der Waals surface area (Å²) in [6, 6.07) is 7.43. The lowest BCUT2D eigenvalue weighted by atomic mass is 10.0. The van der Waals surface area contributed by atoms with Crippen molar-refractivity contribution in [2.24, 2.45) is 0 Å². The zero-order chi connectivity index (χ0) is 13.3. The summed E-state index contributed by atoms with van der Waals surface area (Å²) in [6.07, 6.45) is 1.08. The molecule has 1 heterocycles. The highest BCUT2D eigenvalue weighted by atomic mass is 32.2. The number of benzene rings is 1. The van der Waals surface area contributed by atoms with Crippen LogP contribution in [0, 0.1) is 0 Å². The standard InChI is InChI=1S/C13H17NO3S/c1-4-14-9(2)12(17-13(14)15)10-6-5-7-11(8-10)18(3)16/h5-9,12H,4H2,1-3H3/t9-,12-,18?/m0/s1. The van der Waals surface area contributed by atoms with Gasteiger partial charge in [0.05, 0.1) is 6.04 Å². The number of nitrogens with zero attached hydrogens (tertiary/aromatic N) is 1. The number of hydrogen-bond acceptors (Lipinski definition) is 3. The lowest BCUT2D eigenvalue weighted by Gasteiger charge is -2.19. The summed E-state index contributed by atoms with van der Waals surface area (Å²) in [5.74, 6) is 0. The van der Waals surface area contributed by atoms with E-state index >= 15 is 0 Å². The zero-order valence-electron chi connectivity index (χ0n) is 10.8. The zero-order valence-corrected chi connectivity index (χ0v) is 11.6. The molecule has 1 saturated heterocycles. The molecule has 5 heteroatoms. The Kier molecular flexibility index (Phi) is 3.82. The number of carbonyl (C=O) groups is 1. The predicted octanol–water partition coefficient (Wildman–Crippen LogP) is 2.33. The summed E-state index contributed by atoms with van der Waals surface area (Å²) in [5, 5.41) is 0. The smallest absolute Gasteiger partial charge is 0.410 e. The third-order valence-corrected chi connectivity index (χ3v) is 4.17. The Morgan fingerprint density at radius 1 is 1.50 bits per heavy atom. The first kappa shape index (κ1) is 13.2. The van der Waals surface area contributed by atoms with Crippen molar-refractivity contribution in [2.75, 3.05) is 12.8 Å². The molecule has 1 fully saturated rings. The van der Waals surface area contributed by atoms with Crippen LogP contribution in [0.4, 0.5) is 4.79 Å². The van der Waals surface area contributed by atoms with Crippen LogP contribution in [0.3, 0.4) is 0 Å². The van der Waals surface area contributed by atoms with Gasteiger partial charge in [-0.3, -0.25) is 0 Å². The van der Waals surface area contributed by atoms with Crippen molar-refractivity contribution in [3.63, 3.8) is 0 Å². The van der Waals surface area contributed by atoms with E-state index in [1.54, 1.807) is 11.2 Å². The summed E-state index contributed by atoms with van der Waals surface area (Å²) in [7, 11) is 0. The van der Waals surface area contributed by atoms with Crippen molar-refractivity contribution in [2.45, 2.75) is 30.9 Å². The maximum atomic E-state index is 11.7. The fraction of sp³-hybridized carbons (Fsp3) is 0.462. The van der Waals surface area contributed by atoms with E-state index in [1.165, 1.54) is 0 Å². The lowest BCUT2D eigenvalue weighted by Crippen LogP contribution is -2.31. The molecule has 1 aromatic rings. The second-order valence-corrected chi connectivity index (χ2v) is 5.74. The molecule has 0 bridgehead atoms. The number of ether oxygens (including phenoxy) is 1. The first-order chi connectivity index (χ1) is 8.54. The maximum absolute atomic E-state index is 11.7. The van der Waals surface area contributed by atoms with Gasteiger partial charge in [-0.15, -0.1) is 0 Å². The number of carbonyl (C=O) groups excluding carboxylic acids is 1. The first-order valence-electron chi connectivity index (χ1n) is 5.95.